The molecule has 0 spiro atoms. The predicted molar refractivity (Wildman–Crippen MR) is 127 cm³/mol. The van der Waals surface area contributed by atoms with Gasteiger partial charge in [0.15, 0.2) is 11.6 Å². The average molecular weight is 462 g/mol. The molecule has 34 heavy (non-hydrogen) atoms. The quantitative estimate of drug-likeness (QED) is 0.410. The molecule has 0 saturated carbocycles. The SMILES string of the molecule is Cc1cc(O)c2c3c(cc(O)c2c1)C(=O)c1c(ccc(C2CCC(N(C)C)C(C)O2)c1O)C3=O. The van der Waals surface area contributed by atoms with E-state index in [-0.39, 0.29) is 57.0 Å². The van der Waals surface area contributed by atoms with Gasteiger partial charge in [0, 0.05) is 39.1 Å². The van der Waals surface area contributed by atoms with Crippen LogP contribution < -0.4 is 0 Å². The maximum atomic E-state index is 13.5. The highest BCUT2D eigenvalue weighted by Crippen LogP contribution is 2.45. The van der Waals surface area contributed by atoms with Crippen molar-refractivity contribution < 1.29 is 29.6 Å². The van der Waals surface area contributed by atoms with E-state index in [0.29, 0.717) is 22.9 Å². The molecule has 3 aromatic carbocycles. The van der Waals surface area contributed by atoms with Crippen LogP contribution in [0, 0.1) is 6.92 Å². The molecule has 0 amide bonds. The van der Waals surface area contributed by atoms with Crippen molar-refractivity contribution in [3.8, 4) is 17.2 Å². The van der Waals surface area contributed by atoms with Crippen molar-refractivity contribution in [1.82, 2.24) is 4.90 Å². The number of ketones is 2. The number of carbonyl (C=O) groups is 2. The number of rotatable bonds is 2. The fraction of sp³-hybridized carbons (Fsp3) is 0.333. The van der Waals surface area contributed by atoms with Crippen molar-refractivity contribution in [2.75, 3.05) is 14.1 Å². The molecule has 3 aromatic rings. The molecule has 3 atom stereocenters. The number of ether oxygens (including phenoxy) is 1. The van der Waals surface area contributed by atoms with Crippen LogP contribution >= 0.6 is 0 Å². The first-order valence-corrected chi connectivity index (χ1v) is 11.4. The second kappa shape index (κ2) is 7.82. The van der Waals surface area contributed by atoms with Crippen molar-refractivity contribution >= 4 is 22.3 Å². The Hall–Kier alpha value is -3.42. The molecule has 7 nitrogen and oxygen atoms in total. The van der Waals surface area contributed by atoms with Crippen molar-refractivity contribution in [3.63, 3.8) is 0 Å². The Morgan fingerprint density at radius 1 is 0.912 bits per heavy atom. The Morgan fingerprint density at radius 2 is 1.62 bits per heavy atom. The number of aromatic hydroxyl groups is 3. The Kier molecular flexibility index (Phi) is 5.15. The molecule has 1 aliphatic heterocycles. The summed E-state index contributed by atoms with van der Waals surface area (Å²) in [6.45, 7) is 3.74. The lowest BCUT2D eigenvalue weighted by Gasteiger charge is -2.38. The minimum atomic E-state index is -0.573. The first-order chi connectivity index (χ1) is 16.1. The molecule has 1 heterocycles. The molecule has 1 fully saturated rings. The molecule has 3 unspecified atom stereocenters. The molecule has 2 aliphatic rings. The lowest BCUT2D eigenvalue weighted by atomic mass is 9.79. The molecular weight excluding hydrogens is 434 g/mol. The number of phenolic OH excluding ortho intramolecular Hbond substituents is 3. The van der Waals surface area contributed by atoms with Gasteiger partial charge in [0.25, 0.3) is 0 Å². The van der Waals surface area contributed by atoms with Crippen LogP contribution in [-0.4, -0.2) is 58.0 Å². The van der Waals surface area contributed by atoms with E-state index in [9.17, 15) is 24.9 Å². The molecule has 3 N–H and O–H groups in total. The van der Waals surface area contributed by atoms with E-state index in [1.54, 1.807) is 25.1 Å². The summed E-state index contributed by atoms with van der Waals surface area (Å²) in [6.07, 6.45) is 1.05. The Bertz CT molecular complexity index is 1380. The third-order valence-electron chi connectivity index (χ3n) is 7.15. The van der Waals surface area contributed by atoms with Crippen LogP contribution in [-0.2, 0) is 4.74 Å². The van der Waals surface area contributed by atoms with Crippen molar-refractivity contribution in [3.05, 3.63) is 63.7 Å². The van der Waals surface area contributed by atoms with Gasteiger partial charge in [0.2, 0.25) is 0 Å². The minimum absolute atomic E-state index is 0.0336. The molecule has 7 heteroatoms. The summed E-state index contributed by atoms with van der Waals surface area (Å²) in [6, 6.07) is 7.82. The molecule has 0 aromatic heterocycles. The maximum Gasteiger partial charge on any atom is 0.198 e. The summed E-state index contributed by atoms with van der Waals surface area (Å²) in [5.41, 5.74) is 1.14. The van der Waals surface area contributed by atoms with E-state index < -0.39 is 17.7 Å². The molecule has 5 rings (SSSR count). The second-order valence-electron chi connectivity index (χ2n) is 9.55. The maximum absolute atomic E-state index is 13.5. The third-order valence-corrected chi connectivity index (χ3v) is 7.15. The summed E-state index contributed by atoms with van der Waals surface area (Å²) in [5, 5.41) is 32.8. The number of nitrogens with zero attached hydrogens (tertiary/aromatic N) is 1. The monoisotopic (exact) mass is 461 g/mol. The van der Waals surface area contributed by atoms with Gasteiger partial charge in [-0.05, 0) is 70.6 Å². The summed E-state index contributed by atoms with van der Waals surface area (Å²) in [4.78, 5) is 29.2. The number of benzene rings is 3. The highest BCUT2D eigenvalue weighted by molar-refractivity contribution is 6.34. The average Bonchev–Trinajstić information content (AvgIpc) is 2.77. The van der Waals surface area contributed by atoms with Crippen LogP contribution in [0.25, 0.3) is 10.8 Å². The zero-order valence-electron chi connectivity index (χ0n) is 19.5. The lowest BCUT2D eigenvalue weighted by Crippen LogP contribution is -2.43. The number of likely N-dealkylation sites (N-methyl/N-ethyl adjacent to an activating group) is 1. The van der Waals surface area contributed by atoms with Gasteiger partial charge in [-0.2, -0.15) is 0 Å². The van der Waals surface area contributed by atoms with Gasteiger partial charge < -0.3 is 25.0 Å². The fourth-order valence-electron chi connectivity index (χ4n) is 5.51. The minimum Gasteiger partial charge on any atom is -0.507 e. The normalized spacial score (nSPS) is 22.2. The standard InChI is InChI=1S/C27H27NO6/c1-12-9-16-19(29)11-17-23(22(16)20(30)10-12)26(32)15-6-5-14(25(31)24(15)27(17)33)21-8-7-18(28(3)4)13(2)34-21/h5-6,9-11,13,18,21,29-31H,7-8H2,1-4H3. The van der Waals surface area contributed by atoms with Gasteiger partial charge in [-0.3, -0.25) is 9.59 Å². The molecule has 176 valence electrons. The predicted octanol–water partition coefficient (Wildman–Crippen LogP) is 4.21. The van der Waals surface area contributed by atoms with E-state index in [4.69, 9.17) is 4.74 Å². The lowest BCUT2D eigenvalue weighted by molar-refractivity contribution is -0.0830. The Balaban J connectivity index is 1.63. The van der Waals surface area contributed by atoms with Gasteiger partial charge in [-0.15, -0.1) is 0 Å². The molecule has 1 saturated heterocycles. The van der Waals surface area contributed by atoms with Crippen molar-refractivity contribution in [2.24, 2.45) is 0 Å². The smallest absolute Gasteiger partial charge is 0.198 e. The molecule has 1 aliphatic carbocycles. The van der Waals surface area contributed by atoms with Crippen LogP contribution in [0.2, 0.25) is 0 Å². The first-order valence-electron chi connectivity index (χ1n) is 11.4. The van der Waals surface area contributed by atoms with Crippen molar-refractivity contribution in [2.45, 2.75) is 44.9 Å². The highest BCUT2D eigenvalue weighted by atomic mass is 16.5. The number of carbonyl (C=O) groups excluding carboxylic acids is 2. The zero-order chi connectivity index (χ0) is 24.5. The van der Waals surface area contributed by atoms with Crippen LogP contribution in [0.5, 0.6) is 17.2 Å². The van der Waals surface area contributed by atoms with E-state index in [1.165, 1.54) is 12.1 Å². The van der Waals surface area contributed by atoms with Gasteiger partial charge in [0.1, 0.15) is 17.2 Å². The summed E-state index contributed by atoms with van der Waals surface area (Å²) in [7, 11) is 4.00. The fourth-order valence-corrected chi connectivity index (χ4v) is 5.51. The zero-order valence-corrected chi connectivity index (χ0v) is 19.5. The van der Waals surface area contributed by atoms with Gasteiger partial charge >= 0.3 is 0 Å². The molecule has 0 bridgehead atoms. The van der Waals surface area contributed by atoms with E-state index in [2.05, 4.69) is 4.90 Å². The first kappa shape index (κ1) is 22.4. The van der Waals surface area contributed by atoms with Crippen LogP contribution in [0.4, 0.5) is 0 Å². The summed E-state index contributed by atoms with van der Waals surface area (Å²) in [5.74, 6) is -1.73. The van der Waals surface area contributed by atoms with Crippen molar-refractivity contribution in [1.29, 1.82) is 0 Å². The summed E-state index contributed by atoms with van der Waals surface area (Å²) < 4.78 is 6.18. The van der Waals surface area contributed by atoms with E-state index >= 15 is 0 Å². The number of fused-ring (bicyclic) bond motifs is 4. The van der Waals surface area contributed by atoms with Crippen LogP contribution in [0.1, 0.15) is 68.8 Å². The van der Waals surface area contributed by atoms with Gasteiger partial charge in [-0.25, -0.2) is 0 Å². The largest absolute Gasteiger partial charge is 0.507 e. The number of hydrogen-bond acceptors (Lipinski definition) is 7. The third kappa shape index (κ3) is 3.19. The number of aryl methyl sites for hydroxylation is 1. The van der Waals surface area contributed by atoms with Gasteiger partial charge in [0.05, 0.1) is 17.8 Å². The number of phenols is 3. The highest BCUT2D eigenvalue weighted by Gasteiger charge is 2.38. The van der Waals surface area contributed by atoms with E-state index in [0.717, 1.165) is 6.42 Å². The van der Waals surface area contributed by atoms with Crippen LogP contribution in [0.15, 0.2) is 30.3 Å². The Morgan fingerprint density at radius 3 is 2.29 bits per heavy atom. The van der Waals surface area contributed by atoms with Gasteiger partial charge in [-0.1, -0.05) is 6.07 Å². The molecule has 0 radical (unpaired) electrons. The number of hydrogen-bond donors (Lipinski definition) is 3. The molecular formula is C27H27NO6. The van der Waals surface area contributed by atoms with E-state index in [1.807, 2.05) is 21.0 Å². The summed E-state index contributed by atoms with van der Waals surface area (Å²) >= 11 is 0. The second-order valence-corrected chi connectivity index (χ2v) is 9.55. The Labute approximate surface area is 197 Å². The van der Waals surface area contributed by atoms with Crippen LogP contribution in [0.3, 0.4) is 0 Å². The topological polar surface area (TPSA) is 107 Å².